The number of hydrogen-bond acceptors (Lipinski definition) is 3. The molecule has 1 aromatic carbocycles. The summed E-state index contributed by atoms with van der Waals surface area (Å²) in [7, 11) is 0. The number of rotatable bonds is 3. The van der Waals surface area contributed by atoms with Crippen LogP contribution in [-0.4, -0.2) is 30.6 Å². The van der Waals surface area contributed by atoms with Crippen molar-refractivity contribution in [3.8, 4) is 0 Å². The van der Waals surface area contributed by atoms with Crippen molar-refractivity contribution < 1.29 is 9.90 Å². The van der Waals surface area contributed by atoms with Crippen LogP contribution in [0.3, 0.4) is 0 Å². The van der Waals surface area contributed by atoms with Gasteiger partial charge < -0.3 is 10.0 Å². The highest BCUT2D eigenvalue weighted by atomic mass is 79.9. The second kappa shape index (κ2) is 6.34. The van der Waals surface area contributed by atoms with Crippen LogP contribution in [0.25, 0.3) is 0 Å². The van der Waals surface area contributed by atoms with Crippen LogP contribution in [0.15, 0.2) is 22.7 Å². The molecule has 98 valence electrons. The molecule has 2 rings (SSSR count). The maximum Gasteiger partial charge on any atom is 0.152 e. The van der Waals surface area contributed by atoms with Gasteiger partial charge in [-0.25, -0.2) is 0 Å². The summed E-state index contributed by atoms with van der Waals surface area (Å²) in [5.74, 6) is 0. The Labute approximate surface area is 116 Å². The molecule has 4 heteroatoms. The second-order valence-corrected chi connectivity index (χ2v) is 5.62. The van der Waals surface area contributed by atoms with E-state index in [0.29, 0.717) is 5.56 Å². The van der Waals surface area contributed by atoms with Crippen LogP contribution in [0.2, 0.25) is 0 Å². The molecule has 1 N–H and O–H groups in total. The summed E-state index contributed by atoms with van der Waals surface area (Å²) in [5.41, 5.74) is 1.62. The molecule has 1 heterocycles. The van der Waals surface area contributed by atoms with Gasteiger partial charge in [0.05, 0.1) is 12.6 Å². The Kier molecular flexibility index (Phi) is 4.78. The molecule has 1 saturated heterocycles. The zero-order chi connectivity index (χ0) is 13.0. The maximum absolute atomic E-state index is 11.2. The van der Waals surface area contributed by atoms with Crippen molar-refractivity contribution >= 4 is 27.9 Å². The number of aliphatic hydroxyl groups is 1. The number of nitrogens with zero attached hydrogens (tertiary/aromatic N) is 1. The van der Waals surface area contributed by atoms with Gasteiger partial charge in [-0.05, 0) is 31.0 Å². The number of anilines is 1. The molecule has 0 amide bonds. The Morgan fingerprint density at radius 2 is 2.22 bits per heavy atom. The molecule has 1 atom stereocenters. The van der Waals surface area contributed by atoms with E-state index in [-0.39, 0.29) is 12.6 Å². The summed E-state index contributed by atoms with van der Waals surface area (Å²) in [6, 6.07) is 5.79. The fourth-order valence-electron chi connectivity index (χ4n) is 2.55. The first kappa shape index (κ1) is 13.6. The van der Waals surface area contributed by atoms with E-state index in [2.05, 4.69) is 20.8 Å². The Balaban J connectivity index is 2.37. The molecule has 1 unspecified atom stereocenters. The highest BCUT2D eigenvalue weighted by molar-refractivity contribution is 9.10. The van der Waals surface area contributed by atoms with Crippen LogP contribution >= 0.6 is 15.9 Å². The molecular weight excluding hydrogens is 294 g/mol. The SMILES string of the molecule is O=Cc1ccc(Br)cc1N1CCCCCC1CO. The summed E-state index contributed by atoms with van der Waals surface area (Å²) in [5, 5.41) is 9.54. The lowest BCUT2D eigenvalue weighted by Gasteiger charge is -2.32. The van der Waals surface area contributed by atoms with E-state index in [1.165, 1.54) is 6.42 Å². The van der Waals surface area contributed by atoms with Crippen LogP contribution in [0.1, 0.15) is 36.0 Å². The van der Waals surface area contributed by atoms with Crippen molar-refractivity contribution in [2.75, 3.05) is 18.1 Å². The average Bonchev–Trinajstić information content (AvgIpc) is 2.63. The third kappa shape index (κ3) is 2.93. The molecule has 0 aliphatic carbocycles. The Morgan fingerprint density at radius 1 is 1.39 bits per heavy atom. The van der Waals surface area contributed by atoms with Crippen molar-refractivity contribution in [2.45, 2.75) is 31.7 Å². The minimum atomic E-state index is 0.125. The van der Waals surface area contributed by atoms with E-state index in [9.17, 15) is 9.90 Å². The highest BCUT2D eigenvalue weighted by Crippen LogP contribution is 2.29. The molecule has 1 aromatic rings. The zero-order valence-electron chi connectivity index (χ0n) is 10.3. The van der Waals surface area contributed by atoms with Gasteiger partial charge in [-0.2, -0.15) is 0 Å². The lowest BCUT2D eigenvalue weighted by molar-refractivity contribution is 0.112. The third-order valence-electron chi connectivity index (χ3n) is 3.52. The maximum atomic E-state index is 11.2. The van der Waals surface area contributed by atoms with Gasteiger partial charge in [0, 0.05) is 22.3 Å². The molecule has 1 aliphatic rings. The number of benzene rings is 1. The third-order valence-corrected chi connectivity index (χ3v) is 4.01. The lowest BCUT2D eigenvalue weighted by Crippen LogP contribution is -2.38. The minimum Gasteiger partial charge on any atom is -0.394 e. The molecule has 3 nitrogen and oxygen atoms in total. The van der Waals surface area contributed by atoms with E-state index in [4.69, 9.17) is 0 Å². The van der Waals surface area contributed by atoms with E-state index in [0.717, 1.165) is 42.3 Å². The molecule has 0 bridgehead atoms. The largest absolute Gasteiger partial charge is 0.394 e. The molecular formula is C14H18BrNO2. The van der Waals surface area contributed by atoms with Gasteiger partial charge in [-0.15, -0.1) is 0 Å². The predicted octanol–water partition coefficient (Wildman–Crippen LogP) is 3.00. The lowest BCUT2D eigenvalue weighted by atomic mass is 10.1. The van der Waals surface area contributed by atoms with Gasteiger partial charge >= 0.3 is 0 Å². The van der Waals surface area contributed by atoms with Gasteiger partial charge in [0.25, 0.3) is 0 Å². The Morgan fingerprint density at radius 3 is 2.94 bits per heavy atom. The zero-order valence-corrected chi connectivity index (χ0v) is 11.9. The second-order valence-electron chi connectivity index (χ2n) is 4.70. The molecule has 0 aromatic heterocycles. The van der Waals surface area contributed by atoms with E-state index in [1.807, 2.05) is 18.2 Å². The van der Waals surface area contributed by atoms with Crippen LogP contribution in [0.4, 0.5) is 5.69 Å². The highest BCUT2D eigenvalue weighted by Gasteiger charge is 2.22. The van der Waals surface area contributed by atoms with E-state index in [1.54, 1.807) is 0 Å². The number of carbonyl (C=O) groups is 1. The molecule has 0 radical (unpaired) electrons. The van der Waals surface area contributed by atoms with Crippen LogP contribution in [0, 0.1) is 0 Å². The number of halogens is 1. The van der Waals surface area contributed by atoms with Crippen molar-refractivity contribution in [1.82, 2.24) is 0 Å². The van der Waals surface area contributed by atoms with Gasteiger partial charge in [-0.1, -0.05) is 28.8 Å². The molecule has 18 heavy (non-hydrogen) atoms. The van der Waals surface area contributed by atoms with Crippen LogP contribution < -0.4 is 4.90 Å². The molecule has 0 saturated carbocycles. The number of aldehydes is 1. The van der Waals surface area contributed by atoms with E-state index < -0.39 is 0 Å². The number of hydrogen-bond donors (Lipinski definition) is 1. The monoisotopic (exact) mass is 311 g/mol. The normalized spacial score (nSPS) is 20.6. The van der Waals surface area contributed by atoms with E-state index >= 15 is 0 Å². The minimum absolute atomic E-state index is 0.125. The Bertz CT molecular complexity index is 422. The molecule has 1 fully saturated rings. The van der Waals surface area contributed by atoms with Crippen molar-refractivity contribution in [3.63, 3.8) is 0 Å². The Hall–Kier alpha value is -0.870. The summed E-state index contributed by atoms with van der Waals surface area (Å²) in [4.78, 5) is 13.3. The first-order valence-corrected chi connectivity index (χ1v) is 7.18. The standard InChI is InChI=1S/C14H18BrNO2/c15-12-6-5-11(9-17)14(8-12)16-7-3-1-2-4-13(16)10-18/h5-6,8-9,13,18H,1-4,7,10H2. The smallest absolute Gasteiger partial charge is 0.152 e. The quantitative estimate of drug-likeness (QED) is 0.872. The van der Waals surface area contributed by atoms with Crippen molar-refractivity contribution in [2.24, 2.45) is 0 Å². The van der Waals surface area contributed by atoms with Gasteiger partial charge in [0.2, 0.25) is 0 Å². The summed E-state index contributed by atoms with van der Waals surface area (Å²) in [6.07, 6.45) is 5.33. The number of carbonyl (C=O) groups excluding carboxylic acids is 1. The fraction of sp³-hybridized carbons (Fsp3) is 0.500. The van der Waals surface area contributed by atoms with Crippen LogP contribution in [0.5, 0.6) is 0 Å². The predicted molar refractivity (Wildman–Crippen MR) is 76.2 cm³/mol. The summed E-state index contributed by atoms with van der Waals surface area (Å²) in [6.45, 7) is 1.05. The molecule has 0 spiro atoms. The average molecular weight is 312 g/mol. The molecule has 1 aliphatic heterocycles. The van der Waals surface area contributed by atoms with Crippen LogP contribution in [-0.2, 0) is 0 Å². The summed E-state index contributed by atoms with van der Waals surface area (Å²) >= 11 is 3.45. The number of aliphatic hydroxyl groups excluding tert-OH is 1. The topological polar surface area (TPSA) is 40.5 Å². The summed E-state index contributed by atoms with van der Waals surface area (Å²) < 4.78 is 0.962. The van der Waals surface area contributed by atoms with Crippen molar-refractivity contribution in [1.29, 1.82) is 0 Å². The van der Waals surface area contributed by atoms with Crippen molar-refractivity contribution in [3.05, 3.63) is 28.2 Å². The first-order chi connectivity index (χ1) is 8.76. The first-order valence-electron chi connectivity index (χ1n) is 6.38. The van der Waals surface area contributed by atoms with Gasteiger partial charge in [0.15, 0.2) is 6.29 Å². The van der Waals surface area contributed by atoms with Gasteiger partial charge in [-0.3, -0.25) is 4.79 Å². The van der Waals surface area contributed by atoms with Gasteiger partial charge in [0.1, 0.15) is 0 Å². The fourth-order valence-corrected chi connectivity index (χ4v) is 2.90.